The second kappa shape index (κ2) is 5.09. The molecule has 2 rings (SSSR count). The maximum atomic E-state index is 12.0. The van der Waals surface area contributed by atoms with Crippen molar-refractivity contribution in [3.05, 3.63) is 30.2 Å². The molecular formula is C10H7ClF2N2O2. The highest BCUT2D eigenvalue weighted by Gasteiger charge is 2.10. The summed E-state index contributed by atoms with van der Waals surface area (Å²) in [5.74, 6) is 0.678. The Kier molecular flexibility index (Phi) is 3.53. The van der Waals surface area contributed by atoms with Crippen LogP contribution in [0.5, 0.6) is 5.75 Å². The number of hydrogen-bond acceptors (Lipinski definition) is 4. The van der Waals surface area contributed by atoms with Crippen LogP contribution in [0, 0.1) is 0 Å². The van der Waals surface area contributed by atoms with Gasteiger partial charge in [-0.25, -0.2) is 0 Å². The van der Waals surface area contributed by atoms with E-state index in [1.165, 1.54) is 12.1 Å². The van der Waals surface area contributed by atoms with Crippen molar-refractivity contribution in [3.8, 4) is 17.1 Å². The van der Waals surface area contributed by atoms with E-state index in [9.17, 15) is 8.78 Å². The van der Waals surface area contributed by atoms with Crippen LogP contribution in [-0.2, 0) is 5.88 Å². The molecule has 0 aliphatic carbocycles. The minimum atomic E-state index is -2.87. The van der Waals surface area contributed by atoms with Gasteiger partial charge in [0.05, 0.1) is 0 Å². The van der Waals surface area contributed by atoms with Gasteiger partial charge in [-0.2, -0.15) is 13.8 Å². The number of nitrogens with zero attached hydrogens (tertiary/aromatic N) is 2. The van der Waals surface area contributed by atoms with Crippen molar-refractivity contribution in [1.82, 2.24) is 10.1 Å². The summed E-state index contributed by atoms with van der Waals surface area (Å²) in [5, 5.41) is 3.66. The van der Waals surface area contributed by atoms with Crippen LogP contribution in [0.4, 0.5) is 8.78 Å². The zero-order valence-electron chi connectivity index (χ0n) is 8.44. The minimum absolute atomic E-state index is 0.0368. The van der Waals surface area contributed by atoms with Gasteiger partial charge >= 0.3 is 6.61 Å². The summed E-state index contributed by atoms with van der Waals surface area (Å²) >= 11 is 5.51. The molecule has 0 N–H and O–H groups in total. The fourth-order valence-electron chi connectivity index (χ4n) is 1.24. The second-order valence-electron chi connectivity index (χ2n) is 3.05. The Morgan fingerprint density at radius 1 is 1.41 bits per heavy atom. The maximum Gasteiger partial charge on any atom is 0.387 e. The highest BCUT2D eigenvalue weighted by atomic mass is 35.5. The lowest BCUT2D eigenvalue weighted by molar-refractivity contribution is -0.0498. The molecule has 0 fully saturated rings. The third kappa shape index (κ3) is 2.91. The van der Waals surface area contributed by atoms with Gasteiger partial charge in [-0.15, -0.1) is 11.6 Å². The number of rotatable bonds is 4. The van der Waals surface area contributed by atoms with Crippen LogP contribution in [-0.4, -0.2) is 16.8 Å². The van der Waals surface area contributed by atoms with Gasteiger partial charge in [0, 0.05) is 5.56 Å². The van der Waals surface area contributed by atoms with Crippen LogP contribution >= 0.6 is 11.6 Å². The molecule has 0 unspecified atom stereocenters. The van der Waals surface area contributed by atoms with Crippen LogP contribution in [0.3, 0.4) is 0 Å². The standard InChI is InChI=1S/C10H7ClF2N2O2/c11-5-8-14-9(15-17-8)6-2-1-3-7(4-6)16-10(12)13/h1-4,10H,5H2. The zero-order valence-corrected chi connectivity index (χ0v) is 9.19. The summed E-state index contributed by atoms with van der Waals surface area (Å²) in [6.45, 7) is -2.87. The van der Waals surface area contributed by atoms with Crippen LogP contribution < -0.4 is 4.74 Å². The van der Waals surface area contributed by atoms with Crippen molar-refractivity contribution in [2.75, 3.05) is 0 Å². The Bertz CT molecular complexity index is 505. The summed E-state index contributed by atoms with van der Waals surface area (Å²) in [7, 11) is 0. The molecule has 0 atom stereocenters. The molecule has 1 aromatic heterocycles. The van der Waals surface area contributed by atoms with Crippen LogP contribution in [0.1, 0.15) is 5.89 Å². The number of hydrogen-bond donors (Lipinski definition) is 0. The topological polar surface area (TPSA) is 48.2 Å². The van der Waals surface area contributed by atoms with Gasteiger partial charge in [0.1, 0.15) is 11.6 Å². The lowest BCUT2D eigenvalue weighted by Gasteiger charge is -2.04. The molecule has 0 saturated heterocycles. The van der Waals surface area contributed by atoms with Crippen molar-refractivity contribution < 1.29 is 18.0 Å². The summed E-state index contributed by atoms with van der Waals surface area (Å²) < 4.78 is 33.1. The van der Waals surface area contributed by atoms with Gasteiger partial charge in [0.15, 0.2) is 0 Å². The largest absolute Gasteiger partial charge is 0.435 e. The maximum absolute atomic E-state index is 12.0. The highest BCUT2D eigenvalue weighted by molar-refractivity contribution is 6.16. The molecule has 0 aliphatic rings. The minimum Gasteiger partial charge on any atom is -0.435 e. The van der Waals surface area contributed by atoms with E-state index in [4.69, 9.17) is 16.1 Å². The second-order valence-corrected chi connectivity index (χ2v) is 3.32. The molecule has 0 spiro atoms. The number of aromatic nitrogens is 2. The third-order valence-electron chi connectivity index (χ3n) is 1.90. The lowest BCUT2D eigenvalue weighted by Crippen LogP contribution is -2.01. The first-order valence-corrected chi connectivity index (χ1v) is 5.16. The molecular weight excluding hydrogens is 254 g/mol. The van der Waals surface area contributed by atoms with Gasteiger partial charge in [0.25, 0.3) is 0 Å². The van der Waals surface area contributed by atoms with Crippen molar-refractivity contribution in [1.29, 1.82) is 0 Å². The summed E-state index contributed by atoms with van der Waals surface area (Å²) in [5.41, 5.74) is 0.517. The van der Waals surface area contributed by atoms with Crippen LogP contribution in [0.15, 0.2) is 28.8 Å². The fraction of sp³-hybridized carbons (Fsp3) is 0.200. The number of benzene rings is 1. The Hall–Kier alpha value is -1.69. The number of halogens is 3. The number of ether oxygens (including phenoxy) is 1. The Labute approximate surface area is 100 Å². The predicted octanol–water partition coefficient (Wildman–Crippen LogP) is 3.08. The van der Waals surface area contributed by atoms with Crippen LogP contribution in [0.2, 0.25) is 0 Å². The Morgan fingerprint density at radius 2 is 2.24 bits per heavy atom. The van der Waals surface area contributed by atoms with Gasteiger partial charge < -0.3 is 9.26 Å². The molecule has 90 valence electrons. The fourth-order valence-corrected chi connectivity index (χ4v) is 1.35. The molecule has 0 amide bonds. The summed E-state index contributed by atoms with van der Waals surface area (Å²) in [6, 6.07) is 6.03. The quantitative estimate of drug-likeness (QED) is 0.793. The van der Waals surface area contributed by atoms with Crippen molar-refractivity contribution in [2.45, 2.75) is 12.5 Å². The smallest absolute Gasteiger partial charge is 0.387 e. The first kappa shape index (κ1) is 11.8. The monoisotopic (exact) mass is 260 g/mol. The van der Waals surface area contributed by atoms with E-state index in [1.807, 2.05) is 0 Å². The molecule has 1 aromatic carbocycles. The van der Waals surface area contributed by atoms with Gasteiger partial charge in [0.2, 0.25) is 11.7 Å². The molecule has 1 heterocycles. The van der Waals surface area contributed by atoms with E-state index in [0.717, 1.165) is 0 Å². The van der Waals surface area contributed by atoms with Crippen molar-refractivity contribution >= 4 is 11.6 Å². The highest BCUT2D eigenvalue weighted by Crippen LogP contribution is 2.22. The molecule has 0 bridgehead atoms. The molecule has 7 heteroatoms. The summed E-state index contributed by atoms with van der Waals surface area (Å²) in [4.78, 5) is 3.97. The zero-order chi connectivity index (χ0) is 12.3. The Balaban J connectivity index is 2.26. The van der Waals surface area contributed by atoms with E-state index in [-0.39, 0.29) is 23.3 Å². The average Bonchev–Trinajstić information content (AvgIpc) is 2.77. The van der Waals surface area contributed by atoms with E-state index >= 15 is 0 Å². The molecule has 17 heavy (non-hydrogen) atoms. The molecule has 4 nitrogen and oxygen atoms in total. The normalized spacial score (nSPS) is 10.8. The van der Waals surface area contributed by atoms with Crippen LogP contribution in [0.25, 0.3) is 11.4 Å². The summed E-state index contributed by atoms with van der Waals surface area (Å²) in [6.07, 6.45) is 0. The van der Waals surface area contributed by atoms with E-state index in [0.29, 0.717) is 5.56 Å². The van der Waals surface area contributed by atoms with Crippen molar-refractivity contribution in [2.24, 2.45) is 0 Å². The molecule has 0 saturated carbocycles. The Morgan fingerprint density at radius 3 is 2.88 bits per heavy atom. The first-order chi connectivity index (χ1) is 8.19. The van der Waals surface area contributed by atoms with Gasteiger partial charge in [-0.1, -0.05) is 17.3 Å². The SMILES string of the molecule is FC(F)Oc1cccc(-c2noc(CCl)n2)c1. The van der Waals surface area contributed by atoms with Gasteiger partial charge in [-0.05, 0) is 12.1 Å². The third-order valence-corrected chi connectivity index (χ3v) is 2.13. The lowest BCUT2D eigenvalue weighted by atomic mass is 10.2. The van der Waals surface area contributed by atoms with Gasteiger partial charge in [-0.3, -0.25) is 0 Å². The average molecular weight is 261 g/mol. The van der Waals surface area contributed by atoms with E-state index < -0.39 is 6.61 Å². The van der Waals surface area contributed by atoms with E-state index in [1.54, 1.807) is 12.1 Å². The first-order valence-electron chi connectivity index (χ1n) is 4.63. The predicted molar refractivity (Wildman–Crippen MR) is 55.9 cm³/mol. The van der Waals surface area contributed by atoms with E-state index in [2.05, 4.69) is 14.9 Å². The molecule has 0 radical (unpaired) electrons. The van der Waals surface area contributed by atoms with Crippen molar-refractivity contribution in [3.63, 3.8) is 0 Å². The molecule has 2 aromatic rings. The number of alkyl halides is 3. The molecule has 0 aliphatic heterocycles.